The van der Waals surface area contributed by atoms with Gasteiger partial charge in [0.25, 0.3) is 0 Å². The van der Waals surface area contributed by atoms with Crippen molar-refractivity contribution >= 4 is 0 Å². The molecule has 3 aromatic carbocycles. The van der Waals surface area contributed by atoms with Crippen LogP contribution in [0.3, 0.4) is 0 Å². The third-order valence-electron chi connectivity index (χ3n) is 10.4. The van der Waals surface area contributed by atoms with Crippen LogP contribution in [0.4, 0.5) is 17.6 Å². The van der Waals surface area contributed by atoms with Crippen molar-refractivity contribution in [2.45, 2.75) is 103 Å². The molecule has 5 heteroatoms. The van der Waals surface area contributed by atoms with Crippen LogP contribution in [0.2, 0.25) is 0 Å². The summed E-state index contributed by atoms with van der Waals surface area (Å²) in [6.07, 6.45) is 17.7. The van der Waals surface area contributed by atoms with Gasteiger partial charge in [-0.05, 0) is 91.0 Å². The molecule has 0 atom stereocenters. The summed E-state index contributed by atoms with van der Waals surface area (Å²) in [4.78, 5) is 0. The van der Waals surface area contributed by atoms with Gasteiger partial charge in [0, 0.05) is 11.1 Å². The van der Waals surface area contributed by atoms with Gasteiger partial charge in [-0.15, -0.1) is 0 Å². The molecular weight excluding hydrogens is 548 g/mol. The van der Waals surface area contributed by atoms with Crippen LogP contribution in [0.15, 0.2) is 48.5 Å². The van der Waals surface area contributed by atoms with Crippen molar-refractivity contribution in [1.82, 2.24) is 0 Å². The van der Waals surface area contributed by atoms with E-state index in [1.807, 2.05) is 0 Å². The predicted molar refractivity (Wildman–Crippen MR) is 167 cm³/mol. The Morgan fingerprint density at radius 1 is 0.581 bits per heavy atom. The van der Waals surface area contributed by atoms with Crippen LogP contribution < -0.4 is 4.74 Å². The average molecular weight is 595 g/mol. The molecule has 0 spiro atoms. The highest BCUT2D eigenvalue weighted by atomic mass is 19.2. The summed E-state index contributed by atoms with van der Waals surface area (Å²) in [6.45, 7) is 2.27. The highest BCUT2D eigenvalue weighted by Gasteiger charge is 2.32. The molecule has 0 aromatic heterocycles. The Morgan fingerprint density at radius 2 is 1.12 bits per heavy atom. The third-order valence-corrected chi connectivity index (χ3v) is 10.4. The van der Waals surface area contributed by atoms with Gasteiger partial charge in [0.15, 0.2) is 23.2 Å². The Morgan fingerprint density at radius 3 is 1.70 bits per heavy atom. The molecule has 0 unspecified atom stereocenters. The Kier molecular flexibility index (Phi) is 10.9. The van der Waals surface area contributed by atoms with E-state index in [1.54, 1.807) is 36.4 Å². The van der Waals surface area contributed by atoms with Crippen LogP contribution in [0, 0.1) is 41.0 Å². The number of methoxy groups -OCH3 is 1. The van der Waals surface area contributed by atoms with Gasteiger partial charge in [-0.3, -0.25) is 0 Å². The monoisotopic (exact) mass is 594 g/mol. The molecule has 0 N–H and O–H groups in total. The number of halogens is 4. The van der Waals surface area contributed by atoms with Gasteiger partial charge >= 0.3 is 0 Å². The maximum absolute atomic E-state index is 15.4. The average Bonchev–Trinajstić information content (AvgIpc) is 3.04. The molecule has 0 heterocycles. The van der Waals surface area contributed by atoms with Gasteiger partial charge in [-0.25, -0.2) is 13.2 Å². The first-order valence-electron chi connectivity index (χ1n) is 16.5. The Bertz CT molecular complexity index is 1340. The van der Waals surface area contributed by atoms with Crippen molar-refractivity contribution in [1.29, 1.82) is 0 Å². The summed E-state index contributed by atoms with van der Waals surface area (Å²) in [5, 5.41) is 0. The molecule has 1 nitrogen and oxygen atoms in total. The Balaban J connectivity index is 1.16. The summed E-state index contributed by atoms with van der Waals surface area (Å²) in [5.41, 5.74) is 1.66. The quantitative estimate of drug-likeness (QED) is 0.158. The van der Waals surface area contributed by atoms with Crippen molar-refractivity contribution in [2.75, 3.05) is 7.11 Å². The molecular formula is C38H46F4O. The maximum atomic E-state index is 15.4. The van der Waals surface area contributed by atoms with E-state index in [0.717, 1.165) is 43.4 Å². The predicted octanol–water partition coefficient (Wildman–Crippen LogP) is 12.0. The van der Waals surface area contributed by atoms with Crippen molar-refractivity contribution in [3.8, 4) is 28.0 Å². The van der Waals surface area contributed by atoms with Crippen LogP contribution >= 0.6 is 0 Å². The molecule has 2 aliphatic rings. The summed E-state index contributed by atoms with van der Waals surface area (Å²) in [7, 11) is 1.28. The van der Waals surface area contributed by atoms with Crippen LogP contribution in [-0.2, 0) is 0 Å². The fourth-order valence-electron chi connectivity index (χ4n) is 7.73. The number of ether oxygens (including phenoxy) is 1. The second-order valence-corrected chi connectivity index (χ2v) is 12.9. The summed E-state index contributed by atoms with van der Waals surface area (Å²) < 4.78 is 64.4. The van der Waals surface area contributed by atoms with Gasteiger partial charge in [-0.1, -0.05) is 94.7 Å². The fraction of sp³-hybridized carbons (Fsp3) is 0.526. The molecule has 232 valence electrons. The van der Waals surface area contributed by atoms with Gasteiger partial charge in [0.1, 0.15) is 0 Å². The second-order valence-electron chi connectivity index (χ2n) is 12.9. The van der Waals surface area contributed by atoms with Crippen LogP contribution in [-0.4, -0.2) is 7.11 Å². The van der Waals surface area contributed by atoms with Crippen molar-refractivity contribution < 1.29 is 22.3 Å². The topological polar surface area (TPSA) is 9.23 Å². The molecule has 2 fully saturated rings. The first-order valence-corrected chi connectivity index (χ1v) is 16.5. The number of hydrogen-bond acceptors (Lipinski definition) is 1. The van der Waals surface area contributed by atoms with E-state index in [9.17, 15) is 8.78 Å². The van der Waals surface area contributed by atoms with E-state index in [4.69, 9.17) is 4.74 Å². The van der Waals surface area contributed by atoms with Crippen molar-refractivity contribution in [3.63, 3.8) is 0 Å². The van der Waals surface area contributed by atoms with Crippen LogP contribution in [0.25, 0.3) is 22.3 Å². The minimum Gasteiger partial charge on any atom is -0.494 e. The smallest absolute Gasteiger partial charge is 0.201 e. The second kappa shape index (κ2) is 14.8. The lowest BCUT2D eigenvalue weighted by molar-refractivity contribution is 0.155. The largest absolute Gasteiger partial charge is 0.494 e. The normalized spacial score (nSPS) is 22.5. The van der Waals surface area contributed by atoms with Gasteiger partial charge in [0.2, 0.25) is 5.82 Å². The van der Waals surface area contributed by atoms with Crippen LogP contribution in [0.1, 0.15) is 108 Å². The van der Waals surface area contributed by atoms with Crippen molar-refractivity contribution in [3.05, 3.63) is 77.4 Å². The zero-order valence-corrected chi connectivity index (χ0v) is 25.7. The highest BCUT2D eigenvalue weighted by Crippen LogP contribution is 2.45. The zero-order chi connectivity index (χ0) is 30.3. The molecule has 0 radical (unpaired) electrons. The third kappa shape index (κ3) is 7.29. The number of unbranched alkanes of at least 4 members (excludes halogenated alkanes) is 4. The van der Waals surface area contributed by atoms with Gasteiger partial charge in [0.05, 0.1) is 7.11 Å². The first-order chi connectivity index (χ1) is 20.9. The lowest BCUT2D eigenvalue weighted by atomic mass is 9.68. The maximum Gasteiger partial charge on any atom is 0.201 e. The fourth-order valence-corrected chi connectivity index (χ4v) is 7.73. The first kappa shape index (κ1) is 31.6. The molecule has 3 aromatic rings. The standard InChI is InChI=1S/C38H46F4O/c1-3-4-5-6-7-8-25-9-11-26(12-10-25)27-13-15-28(16-14-27)31-21-22-32(36(40)35(31)39)29-17-19-30(20-18-29)33-23-24-34(43-2)38(42)37(33)41/h17-28H,3-16H2,1-2H3. The van der Waals surface area contributed by atoms with Gasteiger partial charge < -0.3 is 4.74 Å². The van der Waals surface area contributed by atoms with Crippen molar-refractivity contribution in [2.24, 2.45) is 17.8 Å². The molecule has 2 saturated carbocycles. The molecule has 2 aliphatic carbocycles. The van der Waals surface area contributed by atoms with E-state index in [2.05, 4.69) is 6.92 Å². The molecule has 0 bridgehead atoms. The molecule has 5 rings (SSSR count). The molecule has 43 heavy (non-hydrogen) atoms. The Hall–Kier alpha value is -2.82. The SMILES string of the molecule is CCCCCCCC1CCC(C2CCC(c3ccc(-c4ccc(-c5ccc(OC)c(F)c5F)cc4)c(F)c3F)CC2)CC1. The number of benzene rings is 3. The number of hydrogen-bond donors (Lipinski definition) is 0. The van der Waals surface area contributed by atoms with E-state index in [-0.39, 0.29) is 22.8 Å². The van der Waals surface area contributed by atoms with E-state index in [1.165, 1.54) is 83.5 Å². The minimum absolute atomic E-state index is 0.0505. The molecule has 0 amide bonds. The summed E-state index contributed by atoms with van der Waals surface area (Å²) in [6, 6.07) is 12.6. The van der Waals surface area contributed by atoms with E-state index in [0.29, 0.717) is 16.7 Å². The lowest BCUT2D eigenvalue weighted by Gasteiger charge is -2.38. The summed E-state index contributed by atoms with van der Waals surface area (Å²) >= 11 is 0. The summed E-state index contributed by atoms with van der Waals surface area (Å²) in [5.74, 6) is -1.36. The highest BCUT2D eigenvalue weighted by molar-refractivity contribution is 5.72. The zero-order valence-electron chi connectivity index (χ0n) is 25.7. The number of rotatable bonds is 11. The minimum atomic E-state index is -1.06. The van der Waals surface area contributed by atoms with Crippen LogP contribution in [0.5, 0.6) is 5.75 Å². The molecule has 0 saturated heterocycles. The Labute approximate surface area is 255 Å². The van der Waals surface area contributed by atoms with E-state index < -0.39 is 23.3 Å². The van der Waals surface area contributed by atoms with E-state index >= 15 is 8.78 Å². The lowest BCUT2D eigenvalue weighted by Crippen LogP contribution is -2.25. The molecule has 0 aliphatic heterocycles. The van der Waals surface area contributed by atoms with Gasteiger partial charge in [-0.2, -0.15) is 4.39 Å².